The van der Waals surface area contributed by atoms with Crippen molar-refractivity contribution in [2.45, 2.75) is 19.3 Å². The van der Waals surface area contributed by atoms with E-state index in [1.54, 1.807) is 0 Å². The lowest BCUT2D eigenvalue weighted by molar-refractivity contribution is -0.122. The molecule has 1 amide bonds. The molecule has 0 heterocycles. The minimum absolute atomic E-state index is 0.118. The number of nitrogens with two attached hydrogens (primary N) is 1. The van der Waals surface area contributed by atoms with Gasteiger partial charge in [0.25, 0.3) is 0 Å². The van der Waals surface area contributed by atoms with Crippen molar-refractivity contribution in [3.8, 4) is 0 Å². The molecule has 1 saturated carbocycles. The van der Waals surface area contributed by atoms with Crippen LogP contribution in [0.1, 0.15) is 19.3 Å². The Labute approximate surface area is 78.5 Å². The Kier molecular flexibility index (Phi) is 3.40. The van der Waals surface area contributed by atoms with Gasteiger partial charge < -0.3 is 11.1 Å². The number of hydrogen-bond donors (Lipinski definition) is 3. The highest BCUT2D eigenvalue weighted by molar-refractivity contribution is 7.80. The number of thiol groups is 1. The minimum atomic E-state index is 0.118. The van der Waals surface area contributed by atoms with Crippen molar-refractivity contribution in [3.05, 3.63) is 0 Å². The number of carbonyl (C=O) groups excluding carboxylic acids is 1. The summed E-state index contributed by atoms with van der Waals surface area (Å²) in [5.41, 5.74) is 5.48. The summed E-state index contributed by atoms with van der Waals surface area (Å²) in [6, 6.07) is 0. The molecule has 0 aliphatic heterocycles. The van der Waals surface area contributed by atoms with Crippen molar-refractivity contribution in [3.63, 3.8) is 0 Å². The molecule has 0 saturated heterocycles. The van der Waals surface area contributed by atoms with E-state index in [4.69, 9.17) is 5.73 Å². The first-order valence-corrected chi connectivity index (χ1v) is 4.93. The normalized spacial score (nSPS) is 18.8. The van der Waals surface area contributed by atoms with Crippen LogP contribution in [0.25, 0.3) is 0 Å². The Balaban J connectivity index is 2.17. The molecule has 12 heavy (non-hydrogen) atoms. The van der Waals surface area contributed by atoms with Gasteiger partial charge >= 0.3 is 0 Å². The van der Waals surface area contributed by atoms with Crippen molar-refractivity contribution in [1.29, 1.82) is 0 Å². The lowest BCUT2D eigenvalue weighted by atomic mass is 10.1. The number of carbonyl (C=O) groups is 1. The molecule has 0 atom stereocenters. The van der Waals surface area contributed by atoms with Gasteiger partial charge in [-0.3, -0.25) is 4.79 Å². The second-order valence-electron chi connectivity index (χ2n) is 3.47. The van der Waals surface area contributed by atoms with Crippen molar-refractivity contribution in [2.24, 2.45) is 11.1 Å². The Hall–Kier alpha value is -0.220. The molecular formula is C8H16N2OS. The number of amides is 1. The zero-order chi connectivity index (χ0) is 9.03. The SMILES string of the molecule is NCCNC(=O)CC1(CS)CC1. The van der Waals surface area contributed by atoms with Gasteiger partial charge in [0, 0.05) is 19.5 Å². The Morgan fingerprint density at radius 1 is 1.58 bits per heavy atom. The lowest BCUT2D eigenvalue weighted by Gasteiger charge is -2.10. The van der Waals surface area contributed by atoms with E-state index in [0.717, 1.165) is 18.6 Å². The third-order valence-corrected chi connectivity index (χ3v) is 2.97. The zero-order valence-corrected chi connectivity index (χ0v) is 8.07. The molecule has 0 aromatic carbocycles. The van der Waals surface area contributed by atoms with Gasteiger partial charge in [0.2, 0.25) is 5.91 Å². The van der Waals surface area contributed by atoms with E-state index in [1.165, 1.54) is 0 Å². The molecular weight excluding hydrogens is 172 g/mol. The van der Waals surface area contributed by atoms with E-state index in [1.807, 2.05) is 0 Å². The van der Waals surface area contributed by atoms with Crippen LogP contribution in [-0.4, -0.2) is 24.7 Å². The maximum Gasteiger partial charge on any atom is 0.220 e. The topological polar surface area (TPSA) is 55.1 Å². The average Bonchev–Trinajstić information content (AvgIpc) is 2.82. The first kappa shape index (κ1) is 9.86. The monoisotopic (exact) mass is 188 g/mol. The molecule has 3 N–H and O–H groups in total. The molecule has 70 valence electrons. The predicted molar refractivity (Wildman–Crippen MR) is 52.2 cm³/mol. The molecule has 1 aliphatic carbocycles. The van der Waals surface area contributed by atoms with Gasteiger partial charge in [-0.2, -0.15) is 12.6 Å². The quantitative estimate of drug-likeness (QED) is 0.538. The molecule has 1 aliphatic rings. The van der Waals surface area contributed by atoms with Crippen molar-refractivity contribution in [2.75, 3.05) is 18.8 Å². The summed E-state index contributed by atoms with van der Waals surface area (Å²) in [6.45, 7) is 1.10. The zero-order valence-electron chi connectivity index (χ0n) is 7.18. The maximum atomic E-state index is 11.2. The molecule has 0 aromatic heterocycles. The van der Waals surface area contributed by atoms with E-state index in [9.17, 15) is 4.79 Å². The van der Waals surface area contributed by atoms with Gasteiger partial charge in [0.15, 0.2) is 0 Å². The Morgan fingerprint density at radius 3 is 2.67 bits per heavy atom. The first-order valence-electron chi connectivity index (χ1n) is 4.30. The molecule has 0 bridgehead atoms. The highest BCUT2D eigenvalue weighted by atomic mass is 32.1. The van der Waals surface area contributed by atoms with Crippen LogP contribution in [0.3, 0.4) is 0 Å². The molecule has 4 heteroatoms. The summed E-state index contributed by atoms with van der Waals surface area (Å²) in [7, 11) is 0. The van der Waals surface area contributed by atoms with Crippen LogP contribution in [0, 0.1) is 5.41 Å². The van der Waals surface area contributed by atoms with Crippen molar-refractivity contribution >= 4 is 18.5 Å². The van der Waals surface area contributed by atoms with Gasteiger partial charge in [-0.1, -0.05) is 0 Å². The Bertz CT molecular complexity index is 168. The molecule has 0 spiro atoms. The van der Waals surface area contributed by atoms with Crippen LogP contribution in [-0.2, 0) is 4.79 Å². The van der Waals surface area contributed by atoms with E-state index in [2.05, 4.69) is 17.9 Å². The largest absolute Gasteiger partial charge is 0.355 e. The lowest BCUT2D eigenvalue weighted by Crippen LogP contribution is -2.31. The highest BCUT2D eigenvalue weighted by Crippen LogP contribution is 2.49. The van der Waals surface area contributed by atoms with Gasteiger partial charge in [-0.05, 0) is 24.0 Å². The van der Waals surface area contributed by atoms with Gasteiger partial charge in [0.05, 0.1) is 0 Å². The highest BCUT2D eigenvalue weighted by Gasteiger charge is 2.42. The second-order valence-corrected chi connectivity index (χ2v) is 3.79. The fourth-order valence-corrected chi connectivity index (χ4v) is 1.61. The fraction of sp³-hybridized carbons (Fsp3) is 0.875. The summed E-state index contributed by atoms with van der Waals surface area (Å²) in [5.74, 6) is 0.940. The van der Waals surface area contributed by atoms with Crippen LogP contribution in [0.5, 0.6) is 0 Å². The smallest absolute Gasteiger partial charge is 0.220 e. The molecule has 1 rings (SSSR count). The third-order valence-electron chi connectivity index (χ3n) is 2.29. The van der Waals surface area contributed by atoms with E-state index in [-0.39, 0.29) is 11.3 Å². The summed E-state index contributed by atoms with van der Waals surface area (Å²) >= 11 is 4.22. The minimum Gasteiger partial charge on any atom is -0.355 e. The summed E-state index contributed by atoms with van der Waals surface area (Å²) < 4.78 is 0. The van der Waals surface area contributed by atoms with E-state index < -0.39 is 0 Å². The maximum absolute atomic E-state index is 11.2. The van der Waals surface area contributed by atoms with Crippen LogP contribution in [0.2, 0.25) is 0 Å². The van der Waals surface area contributed by atoms with Crippen LogP contribution in [0.4, 0.5) is 0 Å². The molecule has 0 aromatic rings. The molecule has 0 unspecified atom stereocenters. The van der Waals surface area contributed by atoms with Crippen molar-refractivity contribution < 1.29 is 4.79 Å². The summed E-state index contributed by atoms with van der Waals surface area (Å²) in [4.78, 5) is 11.2. The van der Waals surface area contributed by atoms with E-state index >= 15 is 0 Å². The Morgan fingerprint density at radius 2 is 2.25 bits per heavy atom. The predicted octanol–water partition coefficient (Wildman–Crippen LogP) is 0.161. The van der Waals surface area contributed by atoms with Crippen LogP contribution in [0.15, 0.2) is 0 Å². The van der Waals surface area contributed by atoms with Gasteiger partial charge in [-0.25, -0.2) is 0 Å². The fourth-order valence-electron chi connectivity index (χ4n) is 1.18. The second kappa shape index (κ2) is 4.14. The summed E-state index contributed by atoms with van der Waals surface area (Å²) in [5, 5.41) is 2.76. The van der Waals surface area contributed by atoms with Crippen molar-refractivity contribution in [1.82, 2.24) is 5.32 Å². The molecule has 1 fully saturated rings. The van der Waals surface area contributed by atoms with Gasteiger partial charge in [-0.15, -0.1) is 0 Å². The van der Waals surface area contributed by atoms with E-state index in [0.29, 0.717) is 19.5 Å². The van der Waals surface area contributed by atoms with Crippen LogP contribution >= 0.6 is 12.6 Å². The number of hydrogen-bond acceptors (Lipinski definition) is 3. The average molecular weight is 188 g/mol. The van der Waals surface area contributed by atoms with Crippen LogP contribution < -0.4 is 11.1 Å². The molecule has 3 nitrogen and oxygen atoms in total. The number of nitrogens with one attached hydrogen (secondary N) is 1. The molecule has 0 radical (unpaired) electrons. The third kappa shape index (κ3) is 2.68. The first-order chi connectivity index (χ1) is 5.72. The number of rotatable bonds is 5. The van der Waals surface area contributed by atoms with Gasteiger partial charge in [0.1, 0.15) is 0 Å². The standard InChI is InChI=1S/C8H16N2OS/c9-3-4-10-7(11)5-8(6-12)1-2-8/h12H,1-6,9H2,(H,10,11). The summed E-state index contributed by atoms with van der Waals surface area (Å²) in [6.07, 6.45) is 2.91.